The highest BCUT2D eigenvalue weighted by molar-refractivity contribution is 6.06. The van der Waals surface area contributed by atoms with Crippen molar-refractivity contribution >= 4 is 17.3 Å². The second kappa shape index (κ2) is 8.13. The molecule has 1 aliphatic heterocycles. The zero-order chi connectivity index (χ0) is 19.3. The van der Waals surface area contributed by atoms with Crippen LogP contribution < -0.4 is 15.0 Å². The molecule has 28 heavy (non-hydrogen) atoms. The molecule has 2 heterocycles. The van der Waals surface area contributed by atoms with E-state index in [0.717, 1.165) is 42.1 Å². The van der Waals surface area contributed by atoms with E-state index in [-0.39, 0.29) is 5.91 Å². The summed E-state index contributed by atoms with van der Waals surface area (Å²) in [6, 6.07) is 19.8. The van der Waals surface area contributed by atoms with Crippen LogP contribution in [0.2, 0.25) is 0 Å². The molecule has 4 rings (SSSR count). The highest BCUT2D eigenvalue weighted by Crippen LogP contribution is 2.28. The Morgan fingerprint density at radius 2 is 1.96 bits per heavy atom. The zero-order valence-electron chi connectivity index (χ0n) is 15.9. The third kappa shape index (κ3) is 3.69. The maximum atomic E-state index is 13.0. The number of carbonyl (C=O) groups excluding carboxylic acids is 1. The molecule has 0 saturated carbocycles. The molecule has 1 aromatic heterocycles. The van der Waals surface area contributed by atoms with Crippen LogP contribution in [0.3, 0.4) is 0 Å². The molecule has 1 amide bonds. The molecular weight excluding hydrogens is 350 g/mol. The highest BCUT2D eigenvalue weighted by Gasteiger charge is 2.25. The van der Waals surface area contributed by atoms with Gasteiger partial charge < -0.3 is 15.0 Å². The van der Waals surface area contributed by atoms with Gasteiger partial charge >= 0.3 is 0 Å². The predicted octanol–water partition coefficient (Wildman–Crippen LogP) is 3.95. The monoisotopic (exact) mass is 373 g/mol. The molecule has 0 radical (unpaired) electrons. The predicted molar refractivity (Wildman–Crippen MR) is 111 cm³/mol. The normalized spacial score (nSPS) is 12.5. The second-order valence-corrected chi connectivity index (χ2v) is 6.75. The van der Waals surface area contributed by atoms with Crippen LogP contribution >= 0.6 is 0 Å². The van der Waals surface area contributed by atoms with Crippen LogP contribution in [-0.4, -0.2) is 31.1 Å². The van der Waals surface area contributed by atoms with E-state index in [1.807, 2.05) is 53.4 Å². The number of pyridine rings is 1. The Morgan fingerprint density at radius 1 is 1.14 bits per heavy atom. The molecule has 2 aromatic carbocycles. The van der Waals surface area contributed by atoms with Crippen molar-refractivity contribution in [3.05, 3.63) is 83.7 Å². The number of fused-ring (bicyclic) bond motifs is 1. The van der Waals surface area contributed by atoms with E-state index in [9.17, 15) is 4.79 Å². The van der Waals surface area contributed by atoms with Crippen LogP contribution in [0.15, 0.2) is 66.9 Å². The second-order valence-electron chi connectivity index (χ2n) is 6.75. The first-order valence-corrected chi connectivity index (χ1v) is 9.48. The van der Waals surface area contributed by atoms with Crippen LogP contribution in [0.25, 0.3) is 0 Å². The van der Waals surface area contributed by atoms with E-state index in [0.29, 0.717) is 12.2 Å². The van der Waals surface area contributed by atoms with Gasteiger partial charge in [-0.1, -0.05) is 36.4 Å². The van der Waals surface area contributed by atoms with Gasteiger partial charge in [-0.25, -0.2) is 0 Å². The SMILES string of the molecule is COc1ccccc1CCNc1ccnc(C(=O)N2CCc3ccccc32)c1. The van der Waals surface area contributed by atoms with Gasteiger partial charge in [0.05, 0.1) is 7.11 Å². The van der Waals surface area contributed by atoms with Crippen molar-refractivity contribution in [2.75, 3.05) is 30.4 Å². The number of methoxy groups -OCH3 is 1. The van der Waals surface area contributed by atoms with Gasteiger partial charge in [-0.3, -0.25) is 9.78 Å². The van der Waals surface area contributed by atoms with E-state index < -0.39 is 0 Å². The largest absolute Gasteiger partial charge is 0.496 e. The van der Waals surface area contributed by atoms with Crippen LogP contribution in [0.5, 0.6) is 5.75 Å². The van der Waals surface area contributed by atoms with E-state index in [2.05, 4.69) is 22.4 Å². The lowest BCUT2D eigenvalue weighted by Gasteiger charge is -2.17. The molecule has 0 aliphatic carbocycles. The summed E-state index contributed by atoms with van der Waals surface area (Å²) >= 11 is 0. The number of benzene rings is 2. The van der Waals surface area contributed by atoms with Crippen molar-refractivity contribution in [2.45, 2.75) is 12.8 Å². The van der Waals surface area contributed by atoms with E-state index in [4.69, 9.17) is 4.74 Å². The minimum atomic E-state index is -0.0571. The summed E-state index contributed by atoms with van der Waals surface area (Å²) in [4.78, 5) is 19.1. The van der Waals surface area contributed by atoms with Crippen molar-refractivity contribution in [2.24, 2.45) is 0 Å². The summed E-state index contributed by atoms with van der Waals surface area (Å²) in [5.74, 6) is 0.834. The van der Waals surface area contributed by atoms with Crippen molar-refractivity contribution in [3.8, 4) is 5.75 Å². The number of anilines is 2. The first kappa shape index (κ1) is 18.0. The van der Waals surface area contributed by atoms with Gasteiger partial charge in [-0.15, -0.1) is 0 Å². The molecule has 0 bridgehead atoms. The van der Waals surface area contributed by atoms with E-state index >= 15 is 0 Å². The van der Waals surface area contributed by atoms with Gasteiger partial charge in [0, 0.05) is 30.7 Å². The third-order valence-corrected chi connectivity index (χ3v) is 5.03. The summed E-state index contributed by atoms with van der Waals surface area (Å²) in [6.07, 6.45) is 3.40. The van der Waals surface area contributed by atoms with Gasteiger partial charge in [0.2, 0.25) is 0 Å². The summed E-state index contributed by atoms with van der Waals surface area (Å²) in [6.45, 7) is 1.44. The molecule has 0 saturated heterocycles. The van der Waals surface area contributed by atoms with Crippen molar-refractivity contribution in [1.82, 2.24) is 4.98 Å². The lowest BCUT2D eigenvalue weighted by molar-refractivity contribution is 0.0984. The quantitative estimate of drug-likeness (QED) is 0.711. The Labute approximate surface area is 165 Å². The first-order valence-electron chi connectivity index (χ1n) is 9.48. The molecule has 0 fully saturated rings. The van der Waals surface area contributed by atoms with Crippen LogP contribution in [-0.2, 0) is 12.8 Å². The molecule has 3 aromatic rings. The molecule has 5 heteroatoms. The van der Waals surface area contributed by atoms with Crippen molar-refractivity contribution in [1.29, 1.82) is 0 Å². The summed E-state index contributed by atoms with van der Waals surface area (Å²) < 4.78 is 5.40. The maximum Gasteiger partial charge on any atom is 0.276 e. The van der Waals surface area contributed by atoms with E-state index in [1.54, 1.807) is 13.3 Å². The van der Waals surface area contributed by atoms with Gasteiger partial charge in [-0.05, 0) is 48.2 Å². The number of nitrogens with zero attached hydrogens (tertiary/aromatic N) is 2. The number of nitrogens with one attached hydrogen (secondary N) is 1. The molecule has 1 N–H and O–H groups in total. The van der Waals surface area contributed by atoms with Crippen LogP contribution in [0.1, 0.15) is 21.6 Å². The topological polar surface area (TPSA) is 54.5 Å². The van der Waals surface area contributed by atoms with Gasteiger partial charge in [0.25, 0.3) is 5.91 Å². The fourth-order valence-electron chi connectivity index (χ4n) is 3.60. The summed E-state index contributed by atoms with van der Waals surface area (Å²) in [5.41, 5.74) is 4.70. The average molecular weight is 373 g/mol. The number of aromatic nitrogens is 1. The first-order chi connectivity index (χ1) is 13.8. The number of ether oxygens (including phenoxy) is 1. The number of amides is 1. The van der Waals surface area contributed by atoms with Gasteiger partial charge in [-0.2, -0.15) is 0 Å². The molecule has 142 valence electrons. The van der Waals surface area contributed by atoms with Gasteiger partial charge in [0.15, 0.2) is 0 Å². The van der Waals surface area contributed by atoms with Crippen LogP contribution in [0.4, 0.5) is 11.4 Å². The minimum Gasteiger partial charge on any atom is -0.496 e. The molecule has 5 nitrogen and oxygen atoms in total. The maximum absolute atomic E-state index is 13.0. The Bertz CT molecular complexity index is 987. The smallest absolute Gasteiger partial charge is 0.276 e. The summed E-state index contributed by atoms with van der Waals surface area (Å²) in [7, 11) is 1.68. The number of rotatable bonds is 6. The van der Waals surface area contributed by atoms with Gasteiger partial charge in [0.1, 0.15) is 11.4 Å². The van der Waals surface area contributed by atoms with Crippen molar-refractivity contribution in [3.63, 3.8) is 0 Å². The minimum absolute atomic E-state index is 0.0571. The number of carbonyl (C=O) groups is 1. The molecule has 0 unspecified atom stereocenters. The number of para-hydroxylation sites is 2. The third-order valence-electron chi connectivity index (χ3n) is 5.03. The summed E-state index contributed by atoms with van der Waals surface area (Å²) in [5, 5.41) is 3.38. The Morgan fingerprint density at radius 3 is 2.86 bits per heavy atom. The van der Waals surface area contributed by atoms with Crippen molar-refractivity contribution < 1.29 is 9.53 Å². The zero-order valence-corrected chi connectivity index (χ0v) is 15.9. The lowest BCUT2D eigenvalue weighted by Crippen LogP contribution is -2.29. The molecule has 0 atom stereocenters. The fourth-order valence-corrected chi connectivity index (χ4v) is 3.60. The van der Waals surface area contributed by atoms with Crippen LogP contribution in [0, 0.1) is 0 Å². The number of hydrogen-bond donors (Lipinski definition) is 1. The molecule has 1 aliphatic rings. The average Bonchev–Trinajstić information content (AvgIpc) is 3.18. The Hall–Kier alpha value is -3.34. The Kier molecular flexibility index (Phi) is 5.24. The van der Waals surface area contributed by atoms with E-state index in [1.165, 1.54) is 5.56 Å². The molecular formula is C23H23N3O2. The Balaban J connectivity index is 1.43. The lowest BCUT2D eigenvalue weighted by atomic mass is 10.1. The fraction of sp³-hybridized carbons (Fsp3) is 0.217. The molecule has 0 spiro atoms. The standard InChI is InChI=1S/C23H23N3O2/c1-28-22-9-5-3-7-18(22)10-13-24-19-11-14-25-20(16-19)23(27)26-15-12-17-6-2-4-8-21(17)26/h2-9,11,14,16H,10,12-13,15H2,1H3,(H,24,25). The highest BCUT2D eigenvalue weighted by atomic mass is 16.5. The number of hydrogen-bond acceptors (Lipinski definition) is 4.